The van der Waals surface area contributed by atoms with Crippen molar-refractivity contribution in [1.29, 1.82) is 10.5 Å². The Morgan fingerprint density at radius 3 is 2.59 bits per heavy atom. The van der Waals surface area contributed by atoms with E-state index in [-0.39, 0.29) is 17.9 Å². The summed E-state index contributed by atoms with van der Waals surface area (Å²) in [4.78, 5) is 22.0. The fraction of sp³-hybridized carbons (Fsp3) is 0.333. The molecule has 0 fully saturated rings. The Morgan fingerprint density at radius 1 is 1.29 bits per heavy atom. The van der Waals surface area contributed by atoms with E-state index in [1.807, 2.05) is 0 Å². The smallest absolute Gasteiger partial charge is 0.326 e. The first-order valence-corrected chi connectivity index (χ1v) is 6.14. The number of hydrogen-bond acceptors (Lipinski definition) is 8. The minimum Gasteiger partial charge on any atom is -0.439 e. The van der Waals surface area contributed by atoms with E-state index in [9.17, 15) is 9.59 Å². The van der Waals surface area contributed by atoms with Gasteiger partial charge >= 0.3 is 11.9 Å². The van der Waals surface area contributed by atoms with Crippen molar-refractivity contribution in [2.24, 2.45) is 0 Å². The molecule has 0 spiro atoms. The van der Waals surface area contributed by atoms with Gasteiger partial charge < -0.3 is 9.47 Å². The van der Waals surface area contributed by atoms with Gasteiger partial charge in [0.2, 0.25) is 4.77 Å². The molecule has 0 amide bonds. The van der Waals surface area contributed by atoms with Crippen LogP contribution in [0.5, 0.6) is 0 Å². The molecule has 0 aliphatic carbocycles. The van der Waals surface area contributed by atoms with Crippen LogP contribution in [-0.4, -0.2) is 16.7 Å². The maximum atomic E-state index is 11.0. The Hall–Kier alpha value is -1.64. The highest BCUT2D eigenvalue weighted by Gasteiger charge is 2.25. The second-order valence-electron chi connectivity index (χ2n) is 2.61. The van der Waals surface area contributed by atoms with Crippen LogP contribution in [0.4, 0.5) is 0 Å². The van der Waals surface area contributed by atoms with Gasteiger partial charge in [0.05, 0.1) is 12.1 Å². The molecule has 1 aliphatic heterocycles. The molecule has 0 aromatic carbocycles. The molecule has 1 heterocycles. The summed E-state index contributed by atoms with van der Waals surface area (Å²) in [5.41, 5.74) is 0. The summed E-state index contributed by atoms with van der Waals surface area (Å²) < 4.78 is 9.13. The second kappa shape index (κ2) is 6.84. The molecular weight excluding hydrogens is 264 g/mol. The lowest BCUT2D eigenvalue weighted by Gasteiger charge is -2.08. The molecule has 1 rings (SSSR count). The number of nitriles is 2. The Labute approximate surface area is 106 Å². The molecule has 0 aromatic heterocycles. The molecule has 8 heteroatoms. The van der Waals surface area contributed by atoms with Gasteiger partial charge in [0, 0.05) is 5.41 Å². The van der Waals surface area contributed by atoms with Gasteiger partial charge in [-0.3, -0.25) is 9.59 Å². The number of ether oxygens (including phenoxy) is 2. The summed E-state index contributed by atoms with van der Waals surface area (Å²) in [7, 11) is 0. The molecule has 0 bridgehead atoms. The van der Waals surface area contributed by atoms with Crippen molar-refractivity contribution in [2.75, 3.05) is 0 Å². The van der Waals surface area contributed by atoms with Crippen LogP contribution in [0.1, 0.15) is 12.8 Å². The molecule has 0 N–H and O–H groups in total. The van der Waals surface area contributed by atoms with Crippen molar-refractivity contribution < 1.29 is 19.1 Å². The Bertz CT molecular complexity index is 435. The lowest BCUT2D eigenvalue weighted by Crippen LogP contribution is -2.09. The topological polar surface area (TPSA) is 100 Å². The molecule has 1 aliphatic rings. The van der Waals surface area contributed by atoms with E-state index in [4.69, 9.17) is 20.0 Å². The number of rotatable bonds is 4. The molecular formula is C9H6N2O4S2. The monoisotopic (exact) mass is 270 g/mol. The fourth-order valence-electron chi connectivity index (χ4n) is 0.788. The Kier molecular flexibility index (Phi) is 5.40. The molecule has 1 unspecified atom stereocenters. The van der Waals surface area contributed by atoms with Crippen molar-refractivity contribution in [3.05, 3.63) is 10.5 Å². The Balaban J connectivity index is 2.32. The zero-order valence-electron chi connectivity index (χ0n) is 8.41. The van der Waals surface area contributed by atoms with Crippen molar-refractivity contribution in [2.45, 2.75) is 17.6 Å². The van der Waals surface area contributed by atoms with Gasteiger partial charge in [0.25, 0.3) is 0 Å². The van der Waals surface area contributed by atoms with Crippen molar-refractivity contribution in [1.82, 2.24) is 0 Å². The second-order valence-corrected chi connectivity index (χ2v) is 4.91. The molecule has 1 atom stereocenters. The highest BCUT2D eigenvalue weighted by molar-refractivity contribution is 8.22. The van der Waals surface area contributed by atoms with Crippen LogP contribution in [0.25, 0.3) is 0 Å². The zero-order chi connectivity index (χ0) is 12.7. The standard InChI is InChI=1S/C9H6N2O4S2/c10-3-1-6(12)14-8-5-16-9(17-8)15-7(13)2-4-11/h5,9H,1-2H2. The summed E-state index contributed by atoms with van der Waals surface area (Å²) in [6.45, 7) is 0. The van der Waals surface area contributed by atoms with Crippen molar-refractivity contribution in [3.63, 3.8) is 0 Å². The van der Waals surface area contributed by atoms with Gasteiger partial charge in [-0.1, -0.05) is 11.8 Å². The summed E-state index contributed by atoms with van der Waals surface area (Å²) in [5, 5.41) is 18.3. The quantitative estimate of drug-likeness (QED) is 0.708. The van der Waals surface area contributed by atoms with E-state index >= 15 is 0 Å². The normalized spacial score (nSPS) is 17.5. The van der Waals surface area contributed by atoms with Crippen LogP contribution >= 0.6 is 23.5 Å². The minimum atomic E-state index is -0.657. The van der Waals surface area contributed by atoms with E-state index in [0.29, 0.717) is 0 Å². The van der Waals surface area contributed by atoms with Gasteiger partial charge in [-0.05, 0) is 11.8 Å². The van der Waals surface area contributed by atoms with E-state index in [1.165, 1.54) is 5.41 Å². The van der Waals surface area contributed by atoms with Gasteiger partial charge in [0.15, 0.2) is 5.09 Å². The molecule has 88 valence electrons. The summed E-state index contributed by atoms with van der Waals surface area (Å²) in [5.74, 6) is -1.29. The summed E-state index contributed by atoms with van der Waals surface area (Å²) >= 11 is 2.19. The number of thioether (sulfide) groups is 2. The Morgan fingerprint density at radius 2 is 1.94 bits per heavy atom. The molecule has 17 heavy (non-hydrogen) atoms. The predicted molar refractivity (Wildman–Crippen MR) is 59.7 cm³/mol. The van der Waals surface area contributed by atoms with E-state index in [0.717, 1.165) is 23.5 Å². The van der Waals surface area contributed by atoms with Crippen LogP contribution in [0.15, 0.2) is 10.5 Å². The largest absolute Gasteiger partial charge is 0.439 e. The van der Waals surface area contributed by atoms with Gasteiger partial charge in [-0.25, -0.2) is 0 Å². The predicted octanol–water partition coefficient (Wildman–Crippen LogP) is 1.46. The first kappa shape index (κ1) is 13.4. The molecule has 0 aromatic rings. The SMILES string of the molecule is N#CCC(=O)OC1=CSC(OC(=O)CC#N)S1. The van der Waals surface area contributed by atoms with Crippen LogP contribution < -0.4 is 0 Å². The van der Waals surface area contributed by atoms with Gasteiger partial charge in [-0.2, -0.15) is 10.5 Å². The van der Waals surface area contributed by atoms with E-state index in [2.05, 4.69) is 0 Å². The third kappa shape index (κ3) is 4.81. The number of esters is 2. The van der Waals surface area contributed by atoms with E-state index < -0.39 is 16.7 Å². The average Bonchev–Trinajstić information content (AvgIpc) is 2.66. The van der Waals surface area contributed by atoms with Crippen LogP contribution in [0.3, 0.4) is 0 Å². The molecule has 6 nitrogen and oxygen atoms in total. The highest BCUT2D eigenvalue weighted by atomic mass is 32.2. The van der Waals surface area contributed by atoms with Crippen LogP contribution in [-0.2, 0) is 19.1 Å². The lowest BCUT2D eigenvalue weighted by atomic mass is 10.5. The van der Waals surface area contributed by atoms with Gasteiger partial charge in [0.1, 0.15) is 12.8 Å². The third-order valence-corrected chi connectivity index (χ3v) is 3.54. The molecule has 0 radical (unpaired) electrons. The van der Waals surface area contributed by atoms with Crippen LogP contribution in [0.2, 0.25) is 0 Å². The lowest BCUT2D eigenvalue weighted by molar-refractivity contribution is -0.141. The van der Waals surface area contributed by atoms with Crippen molar-refractivity contribution in [3.8, 4) is 12.1 Å². The maximum Gasteiger partial charge on any atom is 0.326 e. The first-order valence-electron chi connectivity index (χ1n) is 4.32. The number of carbonyl (C=O) groups is 2. The molecule has 0 saturated carbocycles. The fourth-order valence-corrected chi connectivity index (χ4v) is 2.77. The third-order valence-electron chi connectivity index (χ3n) is 1.38. The molecule has 0 saturated heterocycles. The average molecular weight is 270 g/mol. The van der Waals surface area contributed by atoms with Crippen molar-refractivity contribution >= 4 is 35.5 Å². The van der Waals surface area contributed by atoms with Crippen LogP contribution in [0, 0.1) is 22.7 Å². The van der Waals surface area contributed by atoms with E-state index in [1.54, 1.807) is 12.1 Å². The highest BCUT2D eigenvalue weighted by Crippen LogP contribution is 2.41. The van der Waals surface area contributed by atoms with Gasteiger partial charge in [-0.15, -0.1) is 0 Å². The zero-order valence-corrected chi connectivity index (χ0v) is 10.0. The number of hydrogen-bond donors (Lipinski definition) is 0. The summed E-state index contributed by atoms with van der Waals surface area (Å²) in [6.07, 6.45) is -0.650. The first-order chi connectivity index (χ1) is 8.15. The minimum absolute atomic E-state index is 0.282. The maximum absolute atomic E-state index is 11.0. The number of carbonyl (C=O) groups excluding carboxylic acids is 2. The number of nitrogens with zero attached hydrogens (tertiary/aromatic N) is 2. The summed E-state index contributed by atoms with van der Waals surface area (Å²) in [6, 6.07) is 3.33.